The van der Waals surface area contributed by atoms with Crippen molar-refractivity contribution in [3.8, 4) is 17.0 Å². The maximum Gasteiger partial charge on any atom is 0.422 e. The SMILES string of the molecule is Cn1c(=O)c2c(ccn2CC(=O)Nc2nc(-c3cc(F)c(OCC(F)(F)F)c(F)c3)cs2)n(C)c1=O. The van der Waals surface area contributed by atoms with Gasteiger partial charge in [0.2, 0.25) is 5.91 Å². The van der Waals surface area contributed by atoms with Crippen molar-refractivity contribution in [2.24, 2.45) is 14.1 Å². The molecule has 0 aliphatic rings. The molecule has 9 nitrogen and oxygen atoms in total. The summed E-state index contributed by atoms with van der Waals surface area (Å²) in [5.74, 6) is -4.42. The number of nitrogens with one attached hydrogen (secondary N) is 1. The van der Waals surface area contributed by atoms with Crippen LogP contribution in [0.1, 0.15) is 0 Å². The fourth-order valence-corrected chi connectivity index (χ4v) is 4.18. The summed E-state index contributed by atoms with van der Waals surface area (Å²) in [4.78, 5) is 41.2. The molecule has 0 saturated heterocycles. The lowest BCUT2D eigenvalue weighted by Gasteiger charge is -2.11. The summed E-state index contributed by atoms with van der Waals surface area (Å²) >= 11 is 0.940. The van der Waals surface area contributed by atoms with E-state index in [1.54, 1.807) is 0 Å². The Morgan fingerprint density at radius 3 is 2.44 bits per heavy atom. The number of aryl methyl sites for hydroxylation is 1. The van der Waals surface area contributed by atoms with E-state index in [1.165, 1.54) is 40.9 Å². The molecule has 0 aliphatic carbocycles. The number of rotatable bonds is 6. The van der Waals surface area contributed by atoms with E-state index in [0.717, 1.165) is 28.0 Å². The number of thiazole rings is 1. The predicted molar refractivity (Wildman–Crippen MR) is 120 cm³/mol. The second-order valence-electron chi connectivity index (χ2n) is 7.64. The van der Waals surface area contributed by atoms with Gasteiger partial charge in [-0.25, -0.2) is 18.6 Å². The Kier molecular flexibility index (Phi) is 6.43. The summed E-state index contributed by atoms with van der Waals surface area (Å²) in [6.45, 7) is -2.15. The standard InChI is InChI=1S/C21H16F5N5O4S/c1-29-14-3-4-31(16(14)18(33)30(2)20(29)34)7-15(32)28-19-27-13(8-36-19)10-5-11(22)17(12(23)6-10)35-9-21(24,25)26/h3-6,8H,7,9H2,1-2H3,(H,27,28,32). The normalized spacial score (nSPS) is 11.8. The smallest absolute Gasteiger partial charge is 0.422 e. The topological polar surface area (TPSA) is 100 Å². The third-order valence-corrected chi connectivity index (χ3v) is 5.88. The molecule has 0 saturated carbocycles. The van der Waals surface area contributed by atoms with Crippen LogP contribution in [0, 0.1) is 11.6 Å². The van der Waals surface area contributed by atoms with Gasteiger partial charge in [0.15, 0.2) is 29.1 Å². The molecule has 3 heterocycles. The minimum atomic E-state index is -4.77. The fourth-order valence-electron chi connectivity index (χ4n) is 3.45. The van der Waals surface area contributed by atoms with Gasteiger partial charge in [-0.1, -0.05) is 0 Å². The molecule has 36 heavy (non-hydrogen) atoms. The van der Waals surface area contributed by atoms with Gasteiger partial charge in [0.05, 0.1) is 11.2 Å². The lowest BCUT2D eigenvalue weighted by atomic mass is 10.1. The van der Waals surface area contributed by atoms with Crippen molar-refractivity contribution < 1.29 is 31.5 Å². The molecule has 4 rings (SSSR count). The Hall–Kier alpha value is -4.01. The molecule has 3 aromatic heterocycles. The Labute approximate surface area is 202 Å². The highest BCUT2D eigenvalue weighted by Crippen LogP contribution is 2.32. The largest absolute Gasteiger partial charge is 0.478 e. The number of fused-ring (bicyclic) bond motifs is 1. The fraction of sp³-hybridized carbons (Fsp3) is 0.238. The maximum atomic E-state index is 14.2. The molecule has 4 aromatic rings. The Bertz CT molecular complexity index is 1580. The molecule has 1 aromatic carbocycles. The summed E-state index contributed by atoms with van der Waals surface area (Å²) in [6.07, 6.45) is -3.29. The van der Waals surface area contributed by atoms with Crippen LogP contribution in [0.15, 0.2) is 39.4 Å². The summed E-state index contributed by atoms with van der Waals surface area (Å²) in [6, 6.07) is 3.06. The molecule has 0 aliphatic heterocycles. The molecule has 190 valence electrons. The van der Waals surface area contributed by atoms with Crippen LogP contribution in [0.2, 0.25) is 0 Å². The zero-order chi connectivity index (χ0) is 26.4. The van der Waals surface area contributed by atoms with Crippen molar-refractivity contribution in [2.75, 3.05) is 11.9 Å². The maximum absolute atomic E-state index is 14.2. The van der Waals surface area contributed by atoms with Gasteiger partial charge in [0.1, 0.15) is 12.1 Å². The number of alkyl halides is 3. The van der Waals surface area contributed by atoms with Gasteiger partial charge in [-0.15, -0.1) is 11.3 Å². The van der Waals surface area contributed by atoms with Crippen LogP contribution in [0.4, 0.5) is 27.1 Å². The highest BCUT2D eigenvalue weighted by Gasteiger charge is 2.30. The zero-order valence-corrected chi connectivity index (χ0v) is 19.3. The number of carbonyl (C=O) groups is 1. The minimum absolute atomic E-state index is 0.0609. The van der Waals surface area contributed by atoms with Gasteiger partial charge in [-0.3, -0.25) is 18.7 Å². The van der Waals surface area contributed by atoms with E-state index < -0.39 is 47.3 Å². The summed E-state index contributed by atoms with van der Waals surface area (Å²) < 4.78 is 72.9. The van der Waals surface area contributed by atoms with E-state index in [9.17, 15) is 36.3 Å². The zero-order valence-electron chi connectivity index (χ0n) is 18.5. The van der Waals surface area contributed by atoms with Crippen molar-refractivity contribution in [1.29, 1.82) is 0 Å². The summed E-state index contributed by atoms with van der Waals surface area (Å²) in [5, 5.41) is 3.97. The molecule has 0 unspecified atom stereocenters. The first kappa shape index (κ1) is 25.1. The van der Waals surface area contributed by atoms with E-state index in [0.29, 0.717) is 5.52 Å². The van der Waals surface area contributed by atoms with E-state index in [4.69, 9.17) is 0 Å². The molecule has 0 bridgehead atoms. The summed E-state index contributed by atoms with van der Waals surface area (Å²) in [5.41, 5.74) is -0.618. The Morgan fingerprint density at radius 2 is 1.81 bits per heavy atom. The second-order valence-corrected chi connectivity index (χ2v) is 8.50. The van der Waals surface area contributed by atoms with Gasteiger partial charge in [0.25, 0.3) is 5.56 Å². The van der Waals surface area contributed by atoms with Gasteiger partial charge in [-0.2, -0.15) is 13.2 Å². The van der Waals surface area contributed by atoms with Crippen molar-refractivity contribution in [2.45, 2.75) is 12.7 Å². The molecule has 0 spiro atoms. The molecule has 0 fully saturated rings. The number of benzene rings is 1. The van der Waals surface area contributed by atoms with E-state index in [-0.39, 0.29) is 28.5 Å². The number of ether oxygens (including phenoxy) is 1. The number of hydrogen-bond donors (Lipinski definition) is 1. The van der Waals surface area contributed by atoms with Crippen LogP contribution in [0.3, 0.4) is 0 Å². The lowest BCUT2D eigenvalue weighted by Crippen LogP contribution is -2.37. The first-order valence-electron chi connectivity index (χ1n) is 10.0. The van der Waals surface area contributed by atoms with Crippen LogP contribution >= 0.6 is 11.3 Å². The van der Waals surface area contributed by atoms with Crippen molar-refractivity contribution in [3.05, 3.63) is 62.2 Å². The number of hydrogen-bond acceptors (Lipinski definition) is 6. The van der Waals surface area contributed by atoms with Gasteiger partial charge >= 0.3 is 11.9 Å². The summed E-state index contributed by atoms with van der Waals surface area (Å²) in [7, 11) is 2.81. The highest BCUT2D eigenvalue weighted by molar-refractivity contribution is 7.14. The number of nitrogens with zero attached hydrogens (tertiary/aromatic N) is 4. The minimum Gasteiger partial charge on any atom is -0.478 e. The van der Waals surface area contributed by atoms with Crippen molar-refractivity contribution in [1.82, 2.24) is 18.7 Å². The number of amides is 1. The molecule has 0 radical (unpaired) electrons. The lowest BCUT2D eigenvalue weighted by molar-refractivity contribution is -0.154. The molecular formula is C21H16F5N5O4S. The number of anilines is 1. The number of aromatic nitrogens is 4. The highest BCUT2D eigenvalue weighted by atomic mass is 32.1. The van der Waals surface area contributed by atoms with Gasteiger partial charge in [0, 0.05) is 31.2 Å². The van der Waals surface area contributed by atoms with E-state index in [2.05, 4.69) is 15.0 Å². The molecular weight excluding hydrogens is 513 g/mol. The predicted octanol–water partition coefficient (Wildman–Crippen LogP) is 3.02. The van der Waals surface area contributed by atoms with Gasteiger partial charge < -0.3 is 14.6 Å². The van der Waals surface area contributed by atoms with Crippen LogP contribution in [0.5, 0.6) is 5.75 Å². The molecule has 1 amide bonds. The molecule has 15 heteroatoms. The number of halogens is 5. The monoisotopic (exact) mass is 529 g/mol. The Morgan fingerprint density at radius 1 is 1.14 bits per heavy atom. The molecule has 0 atom stereocenters. The molecule has 1 N–H and O–H groups in total. The first-order chi connectivity index (χ1) is 16.9. The number of carbonyl (C=O) groups excluding carboxylic acids is 1. The van der Waals surface area contributed by atoms with Crippen molar-refractivity contribution >= 4 is 33.4 Å². The van der Waals surface area contributed by atoms with Crippen LogP contribution in [-0.4, -0.2) is 37.4 Å². The van der Waals surface area contributed by atoms with E-state index >= 15 is 0 Å². The Balaban J connectivity index is 1.51. The third kappa shape index (κ3) is 4.86. The van der Waals surface area contributed by atoms with E-state index in [1.807, 2.05) is 0 Å². The van der Waals surface area contributed by atoms with Gasteiger partial charge in [-0.05, 0) is 18.2 Å². The quantitative estimate of drug-likeness (QED) is 0.387. The first-order valence-corrected chi connectivity index (χ1v) is 10.9. The third-order valence-electron chi connectivity index (χ3n) is 5.12. The van der Waals surface area contributed by atoms with Crippen LogP contribution < -0.4 is 21.3 Å². The van der Waals surface area contributed by atoms with Crippen molar-refractivity contribution in [3.63, 3.8) is 0 Å². The van der Waals surface area contributed by atoms with Crippen LogP contribution in [0.25, 0.3) is 22.3 Å². The second kappa shape index (κ2) is 9.22. The average molecular weight is 529 g/mol. The average Bonchev–Trinajstić information content (AvgIpc) is 3.42. The van der Waals surface area contributed by atoms with Crippen LogP contribution in [-0.2, 0) is 25.4 Å².